The average Bonchev–Trinajstić information content (AvgIpc) is 3.73. The average molecular weight is 616 g/mol. The van der Waals surface area contributed by atoms with Crippen LogP contribution in [0.2, 0.25) is 5.02 Å². The number of carboxylic acid groups (broad SMARTS) is 1. The monoisotopic (exact) mass is 615 g/mol. The molecule has 0 unspecified atom stereocenters. The number of carboxylic acids is 1. The fourth-order valence-electron chi connectivity index (χ4n) is 7.04. The molecule has 228 valence electrons. The minimum Gasteiger partial charge on any atom is -0.480 e. The molecule has 4 aromatic rings. The van der Waals surface area contributed by atoms with E-state index in [1.165, 1.54) is 6.07 Å². The number of nitrogens with zero attached hydrogens (tertiary/aromatic N) is 4. The van der Waals surface area contributed by atoms with E-state index in [1.807, 2.05) is 19.2 Å². The third-order valence-corrected chi connectivity index (χ3v) is 9.57. The molecule has 1 aliphatic carbocycles. The van der Waals surface area contributed by atoms with E-state index in [1.54, 1.807) is 19.3 Å². The largest absolute Gasteiger partial charge is 0.480 e. The zero-order chi connectivity index (χ0) is 30.4. The zero-order valence-electron chi connectivity index (χ0n) is 23.9. The van der Waals surface area contributed by atoms with Gasteiger partial charge < -0.3 is 14.8 Å². The number of fused-ring (bicyclic) bond motifs is 1. The summed E-state index contributed by atoms with van der Waals surface area (Å²) in [5.74, 6) is -2.21. The maximum absolute atomic E-state index is 14.4. The highest BCUT2D eigenvalue weighted by Crippen LogP contribution is 2.42. The van der Waals surface area contributed by atoms with Gasteiger partial charge in [0.25, 0.3) is 0 Å². The Balaban J connectivity index is 1.25. The molecule has 2 atom stereocenters. The molecule has 12 heteroatoms. The Hall–Kier alpha value is -3.57. The first-order chi connectivity index (χ1) is 20.6. The molecule has 8 nitrogen and oxygen atoms in total. The quantitative estimate of drug-likeness (QED) is 0.216. The number of H-pyrrole nitrogens is 1. The van der Waals surface area contributed by atoms with Crippen molar-refractivity contribution in [2.24, 2.45) is 0 Å². The Morgan fingerprint density at radius 2 is 1.91 bits per heavy atom. The molecule has 1 saturated heterocycles. The summed E-state index contributed by atoms with van der Waals surface area (Å²) >= 11 is 6.27. The SMILES string of the molecule is Cc1c(-c2cnc3[nH]cc([C@H](C)c4c(OC(F)F)ccc(F)c4Cl)c3c2)cnn1[C@H]1CC[C@@H](N2CCC[C@H]2C(=O)O)CC1. The van der Waals surface area contributed by atoms with Crippen molar-refractivity contribution in [3.63, 3.8) is 0 Å². The van der Waals surface area contributed by atoms with Crippen molar-refractivity contribution < 1.29 is 27.8 Å². The Labute approximate surface area is 251 Å². The molecule has 1 aliphatic heterocycles. The van der Waals surface area contributed by atoms with Gasteiger partial charge in [0.1, 0.15) is 23.3 Å². The van der Waals surface area contributed by atoms with Gasteiger partial charge in [-0.05, 0) is 75.8 Å². The Kier molecular flexibility index (Phi) is 8.12. The van der Waals surface area contributed by atoms with Gasteiger partial charge in [-0.15, -0.1) is 0 Å². The van der Waals surface area contributed by atoms with Crippen LogP contribution in [0.5, 0.6) is 5.75 Å². The number of hydrogen-bond donors (Lipinski definition) is 2. The third-order valence-electron chi connectivity index (χ3n) is 9.19. The normalized spacial score (nSPS) is 22.0. The first kappa shape index (κ1) is 29.5. The third kappa shape index (κ3) is 5.48. The number of carbonyl (C=O) groups is 1. The highest BCUT2D eigenvalue weighted by Gasteiger charge is 2.37. The minimum atomic E-state index is -3.08. The van der Waals surface area contributed by atoms with Crippen molar-refractivity contribution in [3.05, 3.63) is 64.5 Å². The van der Waals surface area contributed by atoms with Crippen molar-refractivity contribution in [2.45, 2.75) is 83.0 Å². The number of aliphatic carboxylic acids is 1. The summed E-state index contributed by atoms with van der Waals surface area (Å²) in [5, 5.41) is 14.8. The van der Waals surface area contributed by atoms with Gasteiger partial charge in [-0.3, -0.25) is 14.4 Å². The van der Waals surface area contributed by atoms with Gasteiger partial charge in [-0.1, -0.05) is 18.5 Å². The topological polar surface area (TPSA) is 96.3 Å². The van der Waals surface area contributed by atoms with Crippen molar-refractivity contribution in [2.75, 3.05) is 6.54 Å². The van der Waals surface area contributed by atoms with E-state index in [0.29, 0.717) is 11.2 Å². The summed E-state index contributed by atoms with van der Waals surface area (Å²) in [6.07, 6.45) is 10.7. The van der Waals surface area contributed by atoms with Crippen LogP contribution in [0.3, 0.4) is 0 Å². The number of pyridine rings is 1. The lowest BCUT2D eigenvalue weighted by Gasteiger charge is -2.37. The lowest BCUT2D eigenvalue weighted by molar-refractivity contribution is -0.143. The van der Waals surface area contributed by atoms with Crippen LogP contribution in [0.1, 0.15) is 74.2 Å². The summed E-state index contributed by atoms with van der Waals surface area (Å²) in [4.78, 5) is 21.6. The first-order valence-corrected chi connectivity index (χ1v) is 14.9. The number of likely N-dealkylation sites (tertiary alicyclic amines) is 1. The molecular formula is C31H33ClF3N5O3. The number of benzene rings is 1. The number of nitrogens with one attached hydrogen (secondary N) is 1. The van der Waals surface area contributed by atoms with Crippen LogP contribution in [-0.2, 0) is 4.79 Å². The van der Waals surface area contributed by atoms with Crippen LogP contribution >= 0.6 is 11.6 Å². The van der Waals surface area contributed by atoms with E-state index in [9.17, 15) is 23.1 Å². The van der Waals surface area contributed by atoms with Crippen LogP contribution in [0, 0.1) is 12.7 Å². The van der Waals surface area contributed by atoms with Crippen LogP contribution in [0.25, 0.3) is 22.2 Å². The van der Waals surface area contributed by atoms with Gasteiger partial charge in [0.2, 0.25) is 0 Å². The molecule has 0 radical (unpaired) electrons. The van der Waals surface area contributed by atoms with Gasteiger partial charge >= 0.3 is 12.6 Å². The van der Waals surface area contributed by atoms with E-state index in [4.69, 9.17) is 16.7 Å². The molecule has 1 saturated carbocycles. The number of alkyl halides is 2. The molecule has 4 heterocycles. The van der Waals surface area contributed by atoms with Gasteiger partial charge in [0.15, 0.2) is 0 Å². The molecular weight excluding hydrogens is 583 g/mol. The fraction of sp³-hybridized carbons (Fsp3) is 0.452. The molecule has 43 heavy (non-hydrogen) atoms. The maximum atomic E-state index is 14.4. The summed E-state index contributed by atoms with van der Waals surface area (Å²) < 4.78 is 47.4. The zero-order valence-corrected chi connectivity index (χ0v) is 24.6. The summed E-state index contributed by atoms with van der Waals surface area (Å²) in [5.41, 5.74) is 4.21. The Morgan fingerprint density at radius 1 is 1.16 bits per heavy atom. The molecule has 0 amide bonds. The highest BCUT2D eigenvalue weighted by atomic mass is 35.5. The Bertz CT molecular complexity index is 1650. The maximum Gasteiger partial charge on any atom is 0.387 e. The molecule has 0 bridgehead atoms. The lowest BCUT2D eigenvalue weighted by Crippen LogP contribution is -2.45. The lowest BCUT2D eigenvalue weighted by atomic mass is 9.89. The van der Waals surface area contributed by atoms with Crippen molar-refractivity contribution in [3.8, 4) is 16.9 Å². The van der Waals surface area contributed by atoms with Crippen LogP contribution in [-0.4, -0.2) is 61.0 Å². The molecule has 3 aromatic heterocycles. The first-order valence-electron chi connectivity index (χ1n) is 14.6. The van der Waals surface area contributed by atoms with E-state index in [-0.39, 0.29) is 34.5 Å². The molecule has 2 N–H and O–H groups in total. The van der Waals surface area contributed by atoms with Gasteiger partial charge in [0, 0.05) is 52.1 Å². The predicted octanol–water partition coefficient (Wildman–Crippen LogP) is 7.31. The summed E-state index contributed by atoms with van der Waals surface area (Å²) in [6, 6.07) is 4.28. The van der Waals surface area contributed by atoms with Gasteiger partial charge in [-0.2, -0.15) is 13.9 Å². The predicted molar refractivity (Wildman–Crippen MR) is 156 cm³/mol. The molecule has 6 rings (SSSR count). The van der Waals surface area contributed by atoms with Crippen LogP contribution in [0.15, 0.2) is 36.8 Å². The minimum absolute atomic E-state index is 0.136. The number of rotatable bonds is 8. The second-order valence-electron chi connectivity index (χ2n) is 11.5. The smallest absolute Gasteiger partial charge is 0.387 e. The number of halogens is 4. The second kappa shape index (κ2) is 11.8. The van der Waals surface area contributed by atoms with E-state index in [2.05, 4.69) is 24.3 Å². The van der Waals surface area contributed by atoms with E-state index in [0.717, 1.165) is 73.3 Å². The summed E-state index contributed by atoms with van der Waals surface area (Å²) in [6.45, 7) is 1.55. The number of aromatic amines is 1. The fourth-order valence-corrected chi connectivity index (χ4v) is 7.36. The van der Waals surface area contributed by atoms with Crippen LogP contribution < -0.4 is 4.74 Å². The Morgan fingerprint density at radius 3 is 2.63 bits per heavy atom. The van der Waals surface area contributed by atoms with Crippen LogP contribution in [0.4, 0.5) is 13.2 Å². The van der Waals surface area contributed by atoms with E-state index >= 15 is 0 Å². The summed E-state index contributed by atoms with van der Waals surface area (Å²) in [7, 11) is 0. The molecule has 1 aromatic carbocycles. The van der Waals surface area contributed by atoms with Crippen molar-refractivity contribution in [1.29, 1.82) is 0 Å². The number of aromatic nitrogens is 4. The second-order valence-corrected chi connectivity index (χ2v) is 11.9. The van der Waals surface area contributed by atoms with Crippen molar-refractivity contribution in [1.82, 2.24) is 24.6 Å². The molecule has 2 fully saturated rings. The van der Waals surface area contributed by atoms with E-state index < -0.39 is 24.3 Å². The molecule has 0 spiro atoms. The number of ether oxygens (including phenoxy) is 1. The van der Waals surface area contributed by atoms with Gasteiger partial charge in [-0.25, -0.2) is 9.37 Å². The number of hydrogen-bond acceptors (Lipinski definition) is 5. The molecule has 2 aliphatic rings. The highest BCUT2D eigenvalue weighted by molar-refractivity contribution is 6.31. The standard InChI is InChI=1S/C31H33ClF3N5O3/c1-16(27-26(43-31(34)35)10-9-24(33)28(27)32)22-14-37-29-21(22)12-18(13-36-29)23-15-38-40(17(23)2)20-7-5-19(6-8-20)39-11-3-4-25(39)30(41)42/h9-10,12-16,19-20,25,31H,3-8,11H2,1-2H3,(H,36,37)(H,41,42)/t16-,19-,20+,25-/m0/s1. The van der Waals surface area contributed by atoms with Crippen molar-refractivity contribution >= 4 is 28.6 Å². The van der Waals surface area contributed by atoms with Gasteiger partial charge in [0.05, 0.1) is 17.3 Å².